The maximum Gasteiger partial charge on any atom is 0.305 e. The van der Waals surface area contributed by atoms with Gasteiger partial charge in [0.1, 0.15) is 6.04 Å². The molecule has 0 rings (SSSR count). The Hall–Kier alpha value is -1.96. The quantitative estimate of drug-likeness (QED) is 0.390. The fraction of sp³-hybridized carbons (Fsp3) is 0.500. The first kappa shape index (κ1) is 14.0. The molecule has 0 aromatic heterocycles. The predicted octanol–water partition coefficient (Wildman–Crippen LogP) is -2.14. The smallest absolute Gasteiger partial charge is 0.305 e. The minimum absolute atomic E-state index is 0.607. The molecular weight excluding hydrogens is 220 g/mol. The van der Waals surface area contributed by atoms with Crippen LogP contribution in [0.4, 0.5) is 0 Å². The average molecular weight is 231 g/mol. The fourth-order valence-electron chi connectivity index (χ4n) is 0.856. The molecule has 0 bridgehead atoms. The Labute approximate surface area is 90.4 Å². The summed E-state index contributed by atoms with van der Waals surface area (Å²) >= 11 is 0. The highest BCUT2D eigenvalue weighted by Gasteiger charge is 2.21. The standard InChI is InChI=1S/C8H11N2O6/c9-5(2-7(14)15)8(16)10-4(3-11)1-6(12)13/h4-5H,1-2,9H2,(H,10,16)(H,12,13)(H,14,15)/t4-,5+/m1/s1. The van der Waals surface area contributed by atoms with Crippen molar-refractivity contribution in [2.75, 3.05) is 0 Å². The predicted molar refractivity (Wildman–Crippen MR) is 50.1 cm³/mol. The first-order chi connectivity index (χ1) is 7.36. The van der Waals surface area contributed by atoms with E-state index >= 15 is 0 Å². The van der Waals surface area contributed by atoms with Gasteiger partial charge in [0, 0.05) is 0 Å². The molecule has 0 heterocycles. The monoisotopic (exact) mass is 231 g/mol. The molecule has 0 unspecified atom stereocenters. The van der Waals surface area contributed by atoms with Crippen LogP contribution in [0.5, 0.6) is 0 Å². The highest BCUT2D eigenvalue weighted by atomic mass is 16.4. The minimum atomic E-state index is -1.33. The molecule has 0 spiro atoms. The van der Waals surface area contributed by atoms with E-state index in [2.05, 4.69) is 0 Å². The molecule has 16 heavy (non-hydrogen) atoms. The summed E-state index contributed by atoms with van der Waals surface area (Å²) in [5.41, 5.74) is 5.18. The van der Waals surface area contributed by atoms with Crippen LogP contribution in [0.2, 0.25) is 0 Å². The third-order valence-corrected chi connectivity index (χ3v) is 1.57. The van der Waals surface area contributed by atoms with Crippen molar-refractivity contribution in [1.82, 2.24) is 5.32 Å². The summed E-state index contributed by atoms with van der Waals surface area (Å²) < 4.78 is 0. The van der Waals surface area contributed by atoms with E-state index in [1.165, 1.54) is 6.29 Å². The first-order valence-electron chi connectivity index (χ1n) is 4.24. The number of aliphatic carboxylic acids is 2. The number of carbonyl (C=O) groups is 3. The Morgan fingerprint density at radius 2 is 1.69 bits per heavy atom. The lowest BCUT2D eigenvalue weighted by Crippen LogP contribution is -2.47. The number of carboxylic acid groups (broad SMARTS) is 2. The molecule has 0 aromatic rings. The maximum atomic E-state index is 11.2. The Kier molecular flexibility index (Phi) is 5.71. The number of rotatable bonds is 7. The van der Waals surface area contributed by atoms with Crippen LogP contribution in [0, 0.1) is 0 Å². The summed E-state index contributed by atoms with van der Waals surface area (Å²) in [6.07, 6.45) is 0.0701. The van der Waals surface area contributed by atoms with Crippen molar-refractivity contribution in [3.8, 4) is 0 Å². The van der Waals surface area contributed by atoms with Gasteiger partial charge >= 0.3 is 11.9 Å². The summed E-state index contributed by atoms with van der Waals surface area (Å²) in [5, 5.41) is 18.7. The Balaban J connectivity index is 4.23. The zero-order valence-electron chi connectivity index (χ0n) is 8.17. The van der Waals surface area contributed by atoms with E-state index in [4.69, 9.17) is 15.9 Å². The van der Waals surface area contributed by atoms with E-state index in [1.807, 2.05) is 5.32 Å². The van der Waals surface area contributed by atoms with Crippen LogP contribution in [-0.4, -0.2) is 46.4 Å². The van der Waals surface area contributed by atoms with Crippen molar-refractivity contribution in [3.05, 3.63) is 0 Å². The van der Waals surface area contributed by atoms with Gasteiger partial charge in [-0.15, -0.1) is 0 Å². The van der Waals surface area contributed by atoms with E-state index < -0.39 is 42.8 Å². The van der Waals surface area contributed by atoms with Crippen LogP contribution >= 0.6 is 0 Å². The lowest BCUT2D eigenvalue weighted by Gasteiger charge is -2.13. The fourth-order valence-corrected chi connectivity index (χ4v) is 0.856. The van der Waals surface area contributed by atoms with E-state index in [-0.39, 0.29) is 0 Å². The number of carboxylic acids is 2. The van der Waals surface area contributed by atoms with Gasteiger partial charge < -0.3 is 21.3 Å². The minimum Gasteiger partial charge on any atom is -0.481 e. The molecule has 0 aliphatic carbocycles. The molecule has 0 aliphatic heterocycles. The molecule has 1 amide bonds. The van der Waals surface area contributed by atoms with Crippen LogP contribution in [-0.2, 0) is 19.2 Å². The van der Waals surface area contributed by atoms with Crippen LogP contribution in [0.3, 0.4) is 0 Å². The van der Waals surface area contributed by atoms with Gasteiger partial charge in [-0.3, -0.25) is 19.2 Å². The van der Waals surface area contributed by atoms with Gasteiger partial charge in [-0.25, -0.2) is 0 Å². The molecule has 8 heteroatoms. The number of carbonyl (C=O) groups excluding carboxylic acids is 2. The largest absolute Gasteiger partial charge is 0.481 e. The van der Waals surface area contributed by atoms with Crippen LogP contribution in [0.1, 0.15) is 12.8 Å². The van der Waals surface area contributed by atoms with Crippen molar-refractivity contribution >= 4 is 24.1 Å². The highest BCUT2D eigenvalue weighted by molar-refractivity contribution is 5.88. The van der Waals surface area contributed by atoms with Gasteiger partial charge in [0.25, 0.3) is 0 Å². The molecular formula is C8H11N2O6. The molecule has 0 saturated heterocycles. The van der Waals surface area contributed by atoms with Crippen LogP contribution in [0.25, 0.3) is 0 Å². The summed E-state index contributed by atoms with van der Waals surface area (Å²) in [6, 6.07) is -2.66. The third kappa shape index (κ3) is 5.70. The topological polar surface area (TPSA) is 147 Å². The van der Waals surface area contributed by atoms with Crippen molar-refractivity contribution in [3.63, 3.8) is 0 Å². The number of nitrogens with one attached hydrogen (secondary N) is 1. The molecule has 5 N–H and O–H groups in total. The van der Waals surface area contributed by atoms with Crippen molar-refractivity contribution < 1.29 is 29.4 Å². The molecule has 0 fully saturated rings. The van der Waals surface area contributed by atoms with E-state index in [1.54, 1.807) is 0 Å². The zero-order chi connectivity index (χ0) is 12.7. The van der Waals surface area contributed by atoms with E-state index in [9.17, 15) is 19.2 Å². The Morgan fingerprint density at radius 3 is 2.06 bits per heavy atom. The number of hydrogen-bond donors (Lipinski definition) is 4. The van der Waals surface area contributed by atoms with Crippen molar-refractivity contribution in [1.29, 1.82) is 0 Å². The van der Waals surface area contributed by atoms with Gasteiger partial charge in [0.05, 0.1) is 18.9 Å². The van der Waals surface area contributed by atoms with Gasteiger partial charge in [-0.2, -0.15) is 0 Å². The van der Waals surface area contributed by atoms with Gasteiger partial charge in [0.2, 0.25) is 12.2 Å². The average Bonchev–Trinajstić information content (AvgIpc) is 2.14. The summed E-state index contributed by atoms with van der Waals surface area (Å²) in [7, 11) is 0. The van der Waals surface area contributed by atoms with Crippen molar-refractivity contribution in [2.24, 2.45) is 5.73 Å². The number of nitrogens with two attached hydrogens (primary N) is 1. The SMILES string of the molecule is N[C@@H](CC(=O)O)C(=O)N[C@@H]([C]=O)CC(=O)O. The normalized spacial score (nSPS) is 13.6. The highest BCUT2D eigenvalue weighted by Crippen LogP contribution is 1.93. The van der Waals surface area contributed by atoms with Gasteiger partial charge in [0.15, 0.2) is 0 Å². The number of hydrogen-bond acceptors (Lipinski definition) is 5. The second kappa shape index (κ2) is 6.51. The Morgan fingerprint density at radius 1 is 1.19 bits per heavy atom. The lowest BCUT2D eigenvalue weighted by atomic mass is 10.1. The van der Waals surface area contributed by atoms with E-state index in [0.29, 0.717) is 0 Å². The molecule has 2 atom stereocenters. The number of amides is 1. The van der Waals surface area contributed by atoms with Crippen LogP contribution < -0.4 is 11.1 Å². The first-order valence-corrected chi connectivity index (χ1v) is 4.24. The Bertz CT molecular complexity index is 303. The zero-order valence-corrected chi connectivity index (χ0v) is 8.17. The van der Waals surface area contributed by atoms with Gasteiger partial charge in [-0.05, 0) is 0 Å². The molecule has 89 valence electrons. The summed E-state index contributed by atoms with van der Waals surface area (Å²) in [5.74, 6) is -3.47. The van der Waals surface area contributed by atoms with E-state index in [0.717, 1.165) is 0 Å². The second-order valence-corrected chi connectivity index (χ2v) is 2.98. The third-order valence-electron chi connectivity index (χ3n) is 1.57. The molecule has 8 nitrogen and oxygen atoms in total. The molecule has 0 saturated carbocycles. The summed E-state index contributed by atoms with van der Waals surface area (Å²) in [4.78, 5) is 41.9. The molecule has 1 radical (unpaired) electrons. The lowest BCUT2D eigenvalue weighted by molar-refractivity contribution is -0.140. The maximum absolute atomic E-state index is 11.2. The van der Waals surface area contributed by atoms with Crippen LogP contribution in [0.15, 0.2) is 0 Å². The van der Waals surface area contributed by atoms with Crippen molar-refractivity contribution in [2.45, 2.75) is 24.9 Å². The summed E-state index contributed by atoms with van der Waals surface area (Å²) in [6.45, 7) is 0. The van der Waals surface area contributed by atoms with Gasteiger partial charge in [-0.1, -0.05) is 0 Å². The second-order valence-electron chi connectivity index (χ2n) is 2.98. The molecule has 0 aromatic carbocycles. The molecule has 0 aliphatic rings.